The molecule has 0 atom stereocenters. The highest BCUT2D eigenvalue weighted by molar-refractivity contribution is 6.31. The summed E-state index contributed by atoms with van der Waals surface area (Å²) in [6.45, 7) is 0.271. The second-order valence-corrected chi connectivity index (χ2v) is 4.62. The number of rotatable bonds is 6. The number of nitrogens with one attached hydrogen (secondary N) is 1. The van der Waals surface area contributed by atoms with Gasteiger partial charge in [0.2, 0.25) is 5.89 Å². The molecule has 6 nitrogen and oxygen atoms in total. The van der Waals surface area contributed by atoms with Gasteiger partial charge < -0.3 is 14.8 Å². The van der Waals surface area contributed by atoms with Crippen molar-refractivity contribution < 1.29 is 18.7 Å². The SMILES string of the molecule is O=C(NCCCO)c1nnc(Cc2c(F)cccc2Cl)o1. The molecule has 0 spiro atoms. The van der Waals surface area contributed by atoms with Crippen molar-refractivity contribution in [1.29, 1.82) is 0 Å². The number of halogens is 2. The largest absolute Gasteiger partial charge is 0.417 e. The Hall–Kier alpha value is -1.99. The predicted molar refractivity (Wildman–Crippen MR) is 72.6 cm³/mol. The molecule has 1 aromatic heterocycles. The fourth-order valence-electron chi connectivity index (χ4n) is 1.63. The van der Waals surface area contributed by atoms with Crippen molar-refractivity contribution in [2.24, 2.45) is 0 Å². The summed E-state index contributed by atoms with van der Waals surface area (Å²) >= 11 is 5.90. The second-order valence-electron chi connectivity index (χ2n) is 4.21. The van der Waals surface area contributed by atoms with E-state index in [0.717, 1.165) is 0 Å². The lowest BCUT2D eigenvalue weighted by Crippen LogP contribution is -2.25. The summed E-state index contributed by atoms with van der Waals surface area (Å²) in [5.41, 5.74) is 0.232. The molecule has 0 aliphatic rings. The van der Waals surface area contributed by atoms with Gasteiger partial charge in [0.05, 0.1) is 6.42 Å². The van der Waals surface area contributed by atoms with E-state index in [1.165, 1.54) is 12.1 Å². The first-order valence-corrected chi connectivity index (χ1v) is 6.64. The normalized spacial score (nSPS) is 10.6. The Labute approximate surface area is 124 Å². The first-order valence-electron chi connectivity index (χ1n) is 6.26. The van der Waals surface area contributed by atoms with Crippen LogP contribution < -0.4 is 5.32 Å². The molecule has 0 unspecified atom stereocenters. The van der Waals surface area contributed by atoms with E-state index in [-0.39, 0.29) is 35.4 Å². The van der Waals surface area contributed by atoms with Crippen molar-refractivity contribution in [3.63, 3.8) is 0 Å². The van der Waals surface area contributed by atoms with Crippen LogP contribution in [-0.4, -0.2) is 34.4 Å². The summed E-state index contributed by atoms with van der Waals surface area (Å²) in [5.74, 6) is -1.14. The van der Waals surface area contributed by atoms with Gasteiger partial charge in [-0.1, -0.05) is 17.7 Å². The topological polar surface area (TPSA) is 88.2 Å². The fourth-order valence-corrected chi connectivity index (χ4v) is 1.86. The van der Waals surface area contributed by atoms with Crippen LogP contribution in [-0.2, 0) is 6.42 Å². The van der Waals surface area contributed by atoms with Crippen molar-refractivity contribution in [1.82, 2.24) is 15.5 Å². The molecule has 2 rings (SSSR count). The third-order valence-corrected chi connectivity index (χ3v) is 3.03. The van der Waals surface area contributed by atoms with E-state index in [0.29, 0.717) is 13.0 Å². The number of benzene rings is 1. The molecule has 112 valence electrons. The van der Waals surface area contributed by atoms with Crippen molar-refractivity contribution in [3.05, 3.63) is 46.4 Å². The zero-order chi connectivity index (χ0) is 15.2. The highest BCUT2D eigenvalue weighted by Gasteiger charge is 2.16. The van der Waals surface area contributed by atoms with Gasteiger partial charge in [-0.25, -0.2) is 4.39 Å². The molecule has 2 aromatic rings. The molecular formula is C13H13ClFN3O3. The number of amides is 1. The smallest absolute Gasteiger partial charge is 0.308 e. The van der Waals surface area contributed by atoms with Gasteiger partial charge in [-0.3, -0.25) is 4.79 Å². The summed E-state index contributed by atoms with van der Waals surface area (Å²) in [7, 11) is 0. The molecule has 0 aliphatic heterocycles. The van der Waals surface area contributed by atoms with E-state index in [1.54, 1.807) is 6.07 Å². The lowest BCUT2D eigenvalue weighted by atomic mass is 10.1. The Bertz CT molecular complexity index is 613. The lowest BCUT2D eigenvalue weighted by Gasteiger charge is -2.02. The standard InChI is InChI=1S/C13H13ClFN3O3/c14-9-3-1-4-10(15)8(9)7-11-17-18-13(21-11)12(20)16-5-2-6-19/h1,3-4,19H,2,5-7H2,(H,16,20). The third kappa shape index (κ3) is 3.99. The van der Waals surface area contributed by atoms with Gasteiger partial charge in [0.1, 0.15) is 5.82 Å². The van der Waals surface area contributed by atoms with Crippen LogP contribution in [0, 0.1) is 5.82 Å². The average molecular weight is 314 g/mol. The predicted octanol–water partition coefficient (Wildman–Crippen LogP) is 1.57. The van der Waals surface area contributed by atoms with Crippen LogP contribution in [0.3, 0.4) is 0 Å². The quantitative estimate of drug-likeness (QED) is 0.790. The van der Waals surface area contributed by atoms with Gasteiger partial charge >= 0.3 is 11.8 Å². The number of nitrogens with zero attached hydrogens (tertiary/aromatic N) is 2. The van der Waals surface area contributed by atoms with Gasteiger partial charge in [0.25, 0.3) is 0 Å². The fraction of sp³-hybridized carbons (Fsp3) is 0.308. The number of hydrogen-bond donors (Lipinski definition) is 2. The lowest BCUT2D eigenvalue weighted by molar-refractivity contribution is 0.0915. The molecule has 0 saturated carbocycles. The highest BCUT2D eigenvalue weighted by Crippen LogP contribution is 2.21. The van der Waals surface area contributed by atoms with E-state index in [4.69, 9.17) is 21.1 Å². The molecule has 2 N–H and O–H groups in total. The second kappa shape index (κ2) is 7.14. The Morgan fingerprint density at radius 2 is 2.24 bits per heavy atom. The molecule has 0 aliphatic carbocycles. The number of aromatic nitrogens is 2. The number of carbonyl (C=O) groups is 1. The number of hydrogen-bond acceptors (Lipinski definition) is 5. The molecule has 0 fully saturated rings. The van der Waals surface area contributed by atoms with Gasteiger partial charge in [-0.05, 0) is 18.6 Å². The number of aliphatic hydroxyl groups excluding tert-OH is 1. The maximum Gasteiger partial charge on any atom is 0.308 e. The van der Waals surface area contributed by atoms with Crippen molar-refractivity contribution >= 4 is 17.5 Å². The average Bonchev–Trinajstić information content (AvgIpc) is 2.92. The molecule has 0 radical (unpaired) electrons. The summed E-state index contributed by atoms with van der Waals surface area (Å²) in [6, 6.07) is 4.33. The minimum atomic E-state index is -0.540. The maximum atomic E-state index is 13.6. The van der Waals surface area contributed by atoms with E-state index in [9.17, 15) is 9.18 Å². The first kappa shape index (κ1) is 15.4. The minimum absolute atomic E-state index is 0.00241. The first-order chi connectivity index (χ1) is 10.1. The van der Waals surface area contributed by atoms with Crippen LogP contribution in [0.1, 0.15) is 28.6 Å². The Balaban J connectivity index is 2.05. The van der Waals surface area contributed by atoms with Gasteiger partial charge in [-0.15, -0.1) is 10.2 Å². The monoisotopic (exact) mass is 313 g/mol. The summed E-state index contributed by atoms with van der Waals surface area (Å²) < 4.78 is 18.8. The van der Waals surface area contributed by atoms with Crippen LogP contribution in [0.5, 0.6) is 0 Å². The van der Waals surface area contributed by atoms with E-state index in [2.05, 4.69) is 15.5 Å². The Kier molecular flexibility index (Phi) is 5.24. The third-order valence-electron chi connectivity index (χ3n) is 2.67. The van der Waals surface area contributed by atoms with Crippen molar-refractivity contribution in [2.75, 3.05) is 13.2 Å². The molecule has 1 heterocycles. The summed E-state index contributed by atoms with van der Waals surface area (Å²) in [4.78, 5) is 11.6. The Morgan fingerprint density at radius 3 is 2.95 bits per heavy atom. The molecule has 1 aromatic carbocycles. The van der Waals surface area contributed by atoms with E-state index >= 15 is 0 Å². The van der Waals surface area contributed by atoms with Crippen LogP contribution in [0.15, 0.2) is 22.6 Å². The Morgan fingerprint density at radius 1 is 1.43 bits per heavy atom. The number of carbonyl (C=O) groups excluding carboxylic acids is 1. The van der Waals surface area contributed by atoms with Gasteiger partial charge in [0.15, 0.2) is 0 Å². The van der Waals surface area contributed by atoms with Crippen molar-refractivity contribution in [3.8, 4) is 0 Å². The van der Waals surface area contributed by atoms with Crippen molar-refractivity contribution in [2.45, 2.75) is 12.8 Å². The zero-order valence-electron chi connectivity index (χ0n) is 11.0. The molecule has 0 bridgehead atoms. The summed E-state index contributed by atoms with van der Waals surface area (Å²) in [5, 5.41) is 18.7. The zero-order valence-corrected chi connectivity index (χ0v) is 11.7. The molecule has 1 amide bonds. The van der Waals surface area contributed by atoms with E-state index in [1.807, 2.05) is 0 Å². The van der Waals surface area contributed by atoms with Crippen LogP contribution in [0.25, 0.3) is 0 Å². The van der Waals surface area contributed by atoms with Crippen LogP contribution in [0.2, 0.25) is 5.02 Å². The minimum Gasteiger partial charge on any atom is -0.417 e. The molecular weight excluding hydrogens is 301 g/mol. The highest BCUT2D eigenvalue weighted by atomic mass is 35.5. The van der Waals surface area contributed by atoms with Crippen LogP contribution >= 0.6 is 11.6 Å². The molecule has 0 saturated heterocycles. The van der Waals surface area contributed by atoms with Crippen LogP contribution in [0.4, 0.5) is 4.39 Å². The van der Waals surface area contributed by atoms with E-state index < -0.39 is 11.7 Å². The maximum absolute atomic E-state index is 13.6. The molecule has 21 heavy (non-hydrogen) atoms. The van der Waals surface area contributed by atoms with Gasteiger partial charge in [-0.2, -0.15) is 0 Å². The summed E-state index contributed by atoms with van der Waals surface area (Å²) in [6.07, 6.45) is 0.431. The van der Waals surface area contributed by atoms with Gasteiger partial charge in [0, 0.05) is 23.7 Å². The molecule has 8 heteroatoms. The number of aliphatic hydroxyl groups is 1.